The van der Waals surface area contributed by atoms with Crippen LogP contribution >= 0.6 is 34.4 Å². The van der Waals surface area contributed by atoms with Gasteiger partial charge in [0.1, 0.15) is 6.10 Å². The van der Waals surface area contributed by atoms with E-state index in [1.165, 1.54) is 21.1 Å². The summed E-state index contributed by atoms with van der Waals surface area (Å²) in [6.45, 7) is 1.42. The highest BCUT2D eigenvalue weighted by atomic mass is 127. The highest BCUT2D eigenvalue weighted by Gasteiger charge is 2.22. The Hall–Kier alpha value is -0.510. The molecule has 7 heteroatoms. The molecule has 20 heavy (non-hydrogen) atoms. The van der Waals surface area contributed by atoms with Gasteiger partial charge in [0.15, 0.2) is 16.6 Å². The van der Waals surface area contributed by atoms with E-state index in [9.17, 15) is 15.0 Å². The zero-order valence-corrected chi connectivity index (χ0v) is 14.4. The predicted octanol–water partition coefficient (Wildman–Crippen LogP) is 1.98. The molecule has 0 radical (unpaired) electrons. The first-order valence-electron chi connectivity index (χ1n) is 5.81. The van der Waals surface area contributed by atoms with E-state index < -0.39 is 12.2 Å². The fourth-order valence-corrected chi connectivity index (χ4v) is 3.06. The maximum atomic E-state index is 10.9. The van der Waals surface area contributed by atoms with E-state index in [2.05, 4.69) is 22.6 Å². The number of ether oxygens (including phenoxy) is 2. The third-order valence-corrected chi connectivity index (χ3v) is 4.34. The van der Waals surface area contributed by atoms with Gasteiger partial charge in [-0.1, -0.05) is 11.8 Å². The molecule has 2 N–H and O–H groups in total. The average Bonchev–Trinajstić information content (AvgIpc) is 2.42. The van der Waals surface area contributed by atoms with E-state index in [1.807, 2.05) is 0 Å². The smallest absolute Gasteiger partial charge is 0.185 e. The van der Waals surface area contributed by atoms with Gasteiger partial charge in [-0.2, -0.15) is 0 Å². The number of hydrogen-bond acceptors (Lipinski definition) is 6. The predicted molar refractivity (Wildman–Crippen MR) is 86.4 cm³/mol. The fourth-order valence-electron chi connectivity index (χ4n) is 1.62. The van der Waals surface area contributed by atoms with Crippen LogP contribution in [-0.4, -0.2) is 41.4 Å². The molecule has 0 saturated heterocycles. The quantitative estimate of drug-likeness (QED) is 0.697. The van der Waals surface area contributed by atoms with Crippen LogP contribution in [0.2, 0.25) is 0 Å². The summed E-state index contributed by atoms with van der Waals surface area (Å²) >= 11 is 3.04. The highest BCUT2D eigenvalue weighted by molar-refractivity contribution is 14.1. The Bertz CT molecular complexity index is 480. The van der Waals surface area contributed by atoms with Crippen LogP contribution in [0, 0.1) is 3.57 Å². The van der Waals surface area contributed by atoms with Crippen LogP contribution in [0.3, 0.4) is 0 Å². The second-order valence-electron chi connectivity index (χ2n) is 4.05. The summed E-state index contributed by atoms with van der Waals surface area (Å²) in [5, 5.41) is 19.9. The molecule has 1 rings (SSSR count). The minimum absolute atomic E-state index is 0.0989. The van der Waals surface area contributed by atoms with Crippen LogP contribution in [-0.2, 0) is 4.79 Å². The molecule has 1 aromatic carbocycles. The van der Waals surface area contributed by atoms with Gasteiger partial charge in [-0.05, 0) is 40.3 Å². The van der Waals surface area contributed by atoms with Crippen molar-refractivity contribution in [1.29, 1.82) is 0 Å². The van der Waals surface area contributed by atoms with Crippen molar-refractivity contribution in [2.75, 3.05) is 20.0 Å². The van der Waals surface area contributed by atoms with Gasteiger partial charge in [-0.3, -0.25) is 4.79 Å². The molecular weight excluding hydrogens is 395 g/mol. The summed E-state index contributed by atoms with van der Waals surface area (Å²) in [5.74, 6) is 1.21. The highest BCUT2D eigenvalue weighted by Crippen LogP contribution is 2.36. The average molecular weight is 412 g/mol. The minimum Gasteiger partial charge on any atom is -0.493 e. The molecule has 0 bridgehead atoms. The number of benzene rings is 1. The summed E-state index contributed by atoms with van der Waals surface area (Å²) in [7, 11) is 3.04. The third kappa shape index (κ3) is 4.51. The van der Waals surface area contributed by atoms with Gasteiger partial charge in [0.25, 0.3) is 0 Å². The van der Waals surface area contributed by atoms with Crippen molar-refractivity contribution in [3.05, 3.63) is 21.3 Å². The zero-order chi connectivity index (χ0) is 15.3. The lowest BCUT2D eigenvalue weighted by Crippen LogP contribution is -2.21. The van der Waals surface area contributed by atoms with Crippen LogP contribution in [0.15, 0.2) is 12.1 Å². The molecule has 0 aliphatic heterocycles. The SMILES string of the molecule is COc1cc(C(O)C(O)CSC(C)=O)cc(I)c1OC. The second kappa shape index (κ2) is 8.06. The van der Waals surface area contributed by atoms with Crippen molar-refractivity contribution >= 4 is 39.5 Å². The van der Waals surface area contributed by atoms with Gasteiger partial charge in [0.2, 0.25) is 0 Å². The van der Waals surface area contributed by atoms with E-state index in [0.717, 1.165) is 15.3 Å². The van der Waals surface area contributed by atoms with Gasteiger partial charge in [0, 0.05) is 12.7 Å². The van der Waals surface area contributed by atoms with Crippen LogP contribution in [0.1, 0.15) is 18.6 Å². The Labute approximate surface area is 135 Å². The Balaban J connectivity index is 2.95. The van der Waals surface area contributed by atoms with E-state index in [0.29, 0.717) is 17.1 Å². The minimum atomic E-state index is -1.09. The van der Waals surface area contributed by atoms with Crippen molar-refractivity contribution in [2.24, 2.45) is 0 Å². The van der Waals surface area contributed by atoms with Gasteiger partial charge in [-0.25, -0.2) is 0 Å². The molecule has 0 aliphatic carbocycles. The molecule has 2 unspecified atom stereocenters. The molecule has 1 aromatic rings. The first-order valence-corrected chi connectivity index (χ1v) is 7.88. The number of aliphatic hydroxyl groups is 2. The van der Waals surface area contributed by atoms with Crippen molar-refractivity contribution in [1.82, 2.24) is 0 Å². The van der Waals surface area contributed by atoms with E-state index in [-0.39, 0.29) is 10.9 Å². The van der Waals surface area contributed by atoms with Crippen LogP contribution in [0.5, 0.6) is 11.5 Å². The lowest BCUT2D eigenvalue weighted by molar-refractivity contribution is -0.109. The molecule has 112 valence electrons. The largest absolute Gasteiger partial charge is 0.493 e. The first kappa shape index (κ1) is 17.5. The van der Waals surface area contributed by atoms with Gasteiger partial charge in [-0.15, -0.1) is 0 Å². The monoisotopic (exact) mass is 412 g/mol. The van der Waals surface area contributed by atoms with Gasteiger partial charge < -0.3 is 19.7 Å². The van der Waals surface area contributed by atoms with E-state index >= 15 is 0 Å². The number of hydrogen-bond donors (Lipinski definition) is 2. The van der Waals surface area contributed by atoms with E-state index in [4.69, 9.17) is 9.47 Å². The summed E-state index contributed by atoms with van der Waals surface area (Å²) in [6.07, 6.45) is -2.12. The first-order chi connectivity index (χ1) is 9.40. The Morgan fingerprint density at radius 2 is 2.00 bits per heavy atom. The molecule has 0 fully saturated rings. The molecule has 5 nitrogen and oxygen atoms in total. The maximum absolute atomic E-state index is 10.9. The van der Waals surface area contributed by atoms with Crippen molar-refractivity contribution < 1.29 is 24.5 Å². The zero-order valence-electron chi connectivity index (χ0n) is 11.4. The second-order valence-corrected chi connectivity index (χ2v) is 6.41. The molecule has 0 aliphatic rings. The standard InChI is InChI=1S/C13H17IO5S/c1-7(15)20-6-10(16)12(17)8-4-9(14)13(19-3)11(5-8)18-2/h4-5,10,12,16-17H,6H2,1-3H3. The normalized spacial score (nSPS) is 13.7. The number of rotatable bonds is 6. The number of carbonyl (C=O) groups excluding carboxylic acids is 1. The Kier molecular flexibility index (Phi) is 7.07. The maximum Gasteiger partial charge on any atom is 0.185 e. The Morgan fingerprint density at radius 1 is 1.35 bits per heavy atom. The summed E-state index contributed by atoms with van der Waals surface area (Å²) in [5.41, 5.74) is 0.517. The van der Waals surface area contributed by atoms with Crippen LogP contribution in [0.4, 0.5) is 0 Å². The molecule has 0 heterocycles. The fraction of sp³-hybridized carbons (Fsp3) is 0.462. The lowest BCUT2D eigenvalue weighted by atomic mass is 10.0. The van der Waals surface area contributed by atoms with Crippen LogP contribution in [0.25, 0.3) is 0 Å². The number of aliphatic hydroxyl groups excluding tert-OH is 2. The van der Waals surface area contributed by atoms with Crippen molar-refractivity contribution in [3.63, 3.8) is 0 Å². The molecular formula is C13H17IO5S. The molecule has 0 saturated carbocycles. The van der Waals surface area contributed by atoms with Gasteiger partial charge >= 0.3 is 0 Å². The molecule has 0 aromatic heterocycles. The topological polar surface area (TPSA) is 76.0 Å². The number of carbonyl (C=O) groups is 1. The molecule has 2 atom stereocenters. The Morgan fingerprint density at radius 3 is 2.50 bits per heavy atom. The van der Waals surface area contributed by atoms with Crippen molar-refractivity contribution in [3.8, 4) is 11.5 Å². The summed E-state index contributed by atoms with van der Waals surface area (Å²) in [4.78, 5) is 10.9. The lowest BCUT2D eigenvalue weighted by Gasteiger charge is -2.19. The summed E-state index contributed by atoms with van der Waals surface area (Å²) in [6, 6.07) is 3.33. The van der Waals surface area contributed by atoms with Gasteiger partial charge in [0.05, 0.1) is 23.9 Å². The number of thioether (sulfide) groups is 1. The van der Waals surface area contributed by atoms with E-state index in [1.54, 1.807) is 12.1 Å². The number of halogens is 1. The summed E-state index contributed by atoms with van der Waals surface area (Å²) < 4.78 is 11.2. The number of methoxy groups -OCH3 is 2. The molecule has 0 spiro atoms. The van der Waals surface area contributed by atoms with Crippen LogP contribution < -0.4 is 9.47 Å². The third-order valence-electron chi connectivity index (χ3n) is 2.62. The molecule has 0 amide bonds. The van der Waals surface area contributed by atoms with Crippen molar-refractivity contribution in [2.45, 2.75) is 19.1 Å².